The fourth-order valence-corrected chi connectivity index (χ4v) is 2.93. The molecule has 1 N–H and O–H groups in total. The molecule has 2 saturated carbocycles. The molecule has 0 aliphatic heterocycles. The Labute approximate surface area is 107 Å². The van der Waals surface area contributed by atoms with Crippen molar-refractivity contribution in [3.05, 3.63) is 0 Å². The highest BCUT2D eigenvalue weighted by atomic mass is 16.5. The topological polar surface area (TPSA) is 21.3 Å². The van der Waals surface area contributed by atoms with Crippen molar-refractivity contribution in [3.63, 3.8) is 0 Å². The van der Waals surface area contributed by atoms with Crippen molar-refractivity contribution >= 4 is 0 Å². The van der Waals surface area contributed by atoms with Crippen LogP contribution in [0.25, 0.3) is 0 Å². The zero-order chi connectivity index (χ0) is 11.9. The third-order valence-electron chi connectivity index (χ3n) is 4.28. The maximum Gasteiger partial charge on any atom is 0.0509 e. The molecule has 0 bridgehead atoms. The first-order valence-corrected chi connectivity index (χ1v) is 7.68. The van der Waals surface area contributed by atoms with E-state index in [1.807, 2.05) is 0 Å². The van der Waals surface area contributed by atoms with E-state index in [0.29, 0.717) is 0 Å². The first-order valence-electron chi connectivity index (χ1n) is 7.68. The number of ether oxygens (including phenoxy) is 1. The molecule has 0 amide bonds. The lowest BCUT2D eigenvalue weighted by molar-refractivity contribution is 0.0704. The molecule has 1 unspecified atom stereocenters. The van der Waals surface area contributed by atoms with Crippen molar-refractivity contribution < 1.29 is 4.74 Å². The van der Waals surface area contributed by atoms with E-state index < -0.39 is 0 Å². The Hall–Kier alpha value is -0.0800. The maximum atomic E-state index is 5.92. The second-order valence-corrected chi connectivity index (χ2v) is 5.99. The molecule has 1 atom stereocenters. The zero-order valence-electron chi connectivity index (χ0n) is 11.4. The number of rotatable bonds is 9. The van der Waals surface area contributed by atoms with Crippen LogP contribution in [-0.4, -0.2) is 26.3 Å². The zero-order valence-corrected chi connectivity index (χ0v) is 11.4. The smallest absolute Gasteiger partial charge is 0.0509 e. The lowest BCUT2D eigenvalue weighted by atomic mass is 9.91. The number of nitrogens with one attached hydrogen (secondary N) is 1. The summed E-state index contributed by atoms with van der Waals surface area (Å²) in [4.78, 5) is 0. The SMILES string of the molecule is CCCNCC(COCC1CC1)C1CCCC1. The molecule has 0 saturated heterocycles. The van der Waals surface area contributed by atoms with Gasteiger partial charge in [0, 0.05) is 13.2 Å². The van der Waals surface area contributed by atoms with E-state index in [9.17, 15) is 0 Å². The van der Waals surface area contributed by atoms with Crippen LogP contribution in [0.4, 0.5) is 0 Å². The third-order valence-corrected chi connectivity index (χ3v) is 4.28. The Morgan fingerprint density at radius 3 is 2.59 bits per heavy atom. The molecule has 2 heteroatoms. The summed E-state index contributed by atoms with van der Waals surface area (Å²) in [6.45, 7) is 6.59. The average molecular weight is 239 g/mol. The van der Waals surface area contributed by atoms with Gasteiger partial charge in [-0.15, -0.1) is 0 Å². The van der Waals surface area contributed by atoms with Gasteiger partial charge in [-0.05, 0) is 43.6 Å². The molecular formula is C15H29NO. The summed E-state index contributed by atoms with van der Waals surface area (Å²) in [6.07, 6.45) is 9.80. The van der Waals surface area contributed by atoms with Crippen molar-refractivity contribution in [2.45, 2.75) is 51.9 Å². The number of hydrogen-bond acceptors (Lipinski definition) is 2. The normalized spacial score (nSPS) is 23.1. The predicted molar refractivity (Wildman–Crippen MR) is 72.2 cm³/mol. The van der Waals surface area contributed by atoms with Gasteiger partial charge in [-0.3, -0.25) is 0 Å². The van der Waals surface area contributed by atoms with E-state index in [1.165, 1.54) is 51.5 Å². The molecule has 2 aliphatic carbocycles. The Kier molecular flexibility index (Phi) is 5.79. The van der Waals surface area contributed by atoms with Crippen molar-refractivity contribution in [2.75, 3.05) is 26.3 Å². The Balaban J connectivity index is 1.65. The monoisotopic (exact) mass is 239 g/mol. The van der Waals surface area contributed by atoms with Crippen LogP contribution in [0.15, 0.2) is 0 Å². The highest BCUT2D eigenvalue weighted by Crippen LogP contribution is 2.32. The Bertz CT molecular complexity index is 197. The maximum absolute atomic E-state index is 5.92. The molecule has 0 radical (unpaired) electrons. The summed E-state index contributed by atoms with van der Waals surface area (Å²) in [6, 6.07) is 0. The lowest BCUT2D eigenvalue weighted by Crippen LogP contribution is -2.31. The third kappa shape index (κ3) is 4.97. The fraction of sp³-hybridized carbons (Fsp3) is 1.00. The summed E-state index contributed by atoms with van der Waals surface area (Å²) in [5.74, 6) is 2.60. The molecule has 0 spiro atoms. The molecule has 17 heavy (non-hydrogen) atoms. The van der Waals surface area contributed by atoms with Gasteiger partial charge >= 0.3 is 0 Å². The second-order valence-electron chi connectivity index (χ2n) is 5.99. The van der Waals surface area contributed by atoms with Crippen LogP contribution in [0.2, 0.25) is 0 Å². The predicted octanol–water partition coefficient (Wildman–Crippen LogP) is 3.22. The Morgan fingerprint density at radius 1 is 1.18 bits per heavy atom. The van der Waals surface area contributed by atoms with Crippen LogP contribution in [0.5, 0.6) is 0 Å². The van der Waals surface area contributed by atoms with E-state index >= 15 is 0 Å². The number of hydrogen-bond donors (Lipinski definition) is 1. The van der Waals surface area contributed by atoms with Gasteiger partial charge in [-0.1, -0.05) is 32.6 Å². The van der Waals surface area contributed by atoms with E-state index in [4.69, 9.17) is 4.74 Å². The molecule has 100 valence electrons. The molecule has 2 rings (SSSR count). The molecule has 2 fully saturated rings. The van der Waals surface area contributed by atoms with E-state index in [1.54, 1.807) is 0 Å². The highest BCUT2D eigenvalue weighted by molar-refractivity contribution is 4.78. The fourth-order valence-electron chi connectivity index (χ4n) is 2.93. The summed E-state index contributed by atoms with van der Waals surface area (Å²) in [5.41, 5.74) is 0. The van der Waals surface area contributed by atoms with Gasteiger partial charge in [0.25, 0.3) is 0 Å². The Morgan fingerprint density at radius 2 is 1.94 bits per heavy atom. The average Bonchev–Trinajstić information content (AvgIpc) is 3.00. The van der Waals surface area contributed by atoms with Gasteiger partial charge in [0.05, 0.1) is 6.61 Å². The highest BCUT2D eigenvalue weighted by Gasteiger charge is 2.26. The van der Waals surface area contributed by atoms with E-state index in [0.717, 1.165) is 37.5 Å². The van der Waals surface area contributed by atoms with Crippen LogP contribution < -0.4 is 5.32 Å². The van der Waals surface area contributed by atoms with Crippen molar-refractivity contribution in [1.29, 1.82) is 0 Å². The van der Waals surface area contributed by atoms with E-state index in [-0.39, 0.29) is 0 Å². The van der Waals surface area contributed by atoms with Crippen molar-refractivity contribution in [3.8, 4) is 0 Å². The summed E-state index contributed by atoms with van der Waals surface area (Å²) in [5, 5.41) is 3.59. The summed E-state index contributed by atoms with van der Waals surface area (Å²) in [7, 11) is 0. The standard InChI is InChI=1S/C15H29NO/c1-2-9-16-10-15(14-5-3-4-6-14)12-17-11-13-7-8-13/h13-16H,2-12H2,1H3. The molecule has 0 aromatic heterocycles. The van der Waals surface area contributed by atoms with Gasteiger partial charge < -0.3 is 10.1 Å². The van der Waals surface area contributed by atoms with Gasteiger partial charge in [0.15, 0.2) is 0 Å². The molecule has 0 heterocycles. The van der Waals surface area contributed by atoms with Crippen LogP contribution in [0.3, 0.4) is 0 Å². The minimum atomic E-state index is 0.766. The van der Waals surface area contributed by atoms with Gasteiger partial charge in [-0.2, -0.15) is 0 Å². The minimum absolute atomic E-state index is 0.766. The molecule has 0 aromatic rings. The van der Waals surface area contributed by atoms with Crippen molar-refractivity contribution in [1.82, 2.24) is 5.32 Å². The molecule has 0 aromatic carbocycles. The lowest BCUT2D eigenvalue weighted by Gasteiger charge is -2.23. The molecule has 2 aliphatic rings. The quantitative estimate of drug-likeness (QED) is 0.624. The minimum Gasteiger partial charge on any atom is -0.381 e. The van der Waals surface area contributed by atoms with Crippen LogP contribution >= 0.6 is 0 Å². The first kappa shape index (κ1) is 13.4. The van der Waals surface area contributed by atoms with Gasteiger partial charge in [-0.25, -0.2) is 0 Å². The van der Waals surface area contributed by atoms with Crippen molar-refractivity contribution in [2.24, 2.45) is 17.8 Å². The summed E-state index contributed by atoms with van der Waals surface area (Å²) >= 11 is 0. The molecule has 2 nitrogen and oxygen atoms in total. The van der Waals surface area contributed by atoms with Crippen LogP contribution in [0, 0.1) is 17.8 Å². The largest absolute Gasteiger partial charge is 0.381 e. The van der Waals surface area contributed by atoms with Crippen LogP contribution in [0.1, 0.15) is 51.9 Å². The van der Waals surface area contributed by atoms with Gasteiger partial charge in [0.2, 0.25) is 0 Å². The summed E-state index contributed by atoms with van der Waals surface area (Å²) < 4.78 is 5.92. The van der Waals surface area contributed by atoms with E-state index in [2.05, 4.69) is 12.2 Å². The molecular weight excluding hydrogens is 210 g/mol. The first-order chi connectivity index (χ1) is 8.40. The van der Waals surface area contributed by atoms with Crippen LogP contribution in [-0.2, 0) is 4.74 Å². The van der Waals surface area contributed by atoms with Gasteiger partial charge in [0.1, 0.15) is 0 Å². The second kappa shape index (κ2) is 7.38.